The third-order valence-corrected chi connectivity index (χ3v) is 4.70. The Kier molecular flexibility index (Phi) is 3.81. The average Bonchev–Trinajstić information content (AvgIpc) is 2.99. The lowest BCUT2D eigenvalue weighted by Crippen LogP contribution is -2.12. The second kappa shape index (κ2) is 5.76. The van der Waals surface area contributed by atoms with Crippen molar-refractivity contribution in [2.75, 3.05) is 24.7 Å². The van der Waals surface area contributed by atoms with E-state index in [-0.39, 0.29) is 11.5 Å². The second-order valence-electron chi connectivity index (χ2n) is 4.88. The van der Waals surface area contributed by atoms with Crippen molar-refractivity contribution < 1.29 is 9.90 Å². The molecule has 0 fully saturated rings. The van der Waals surface area contributed by atoms with Gasteiger partial charge in [-0.05, 0) is 25.0 Å². The van der Waals surface area contributed by atoms with E-state index in [0.717, 1.165) is 10.8 Å². The number of pyridine rings is 1. The number of carbonyl (C=O) groups is 1. The van der Waals surface area contributed by atoms with E-state index in [1.165, 1.54) is 17.5 Å². The molecule has 0 saturated carbocycles. The minimum atomic E-state index is -0.183. The molecule has 7 heteroatoms. The fraction of sp³-hybridized carbons (Fsp3) is 0.267. The van der Waals surface area contributed by atoms with Crippen molar-refractivity contribution in [1.82, 2.24) is 9.97 Å². The predicted molar refractivity (Wildman–Crippen MR) is 87.6 cm³/mol. The van der Waals surface area contributed by atoms with Gasteiger partial charge in [-0.2, -0.15) is 0 Å². The van der Waals surface area contributed by atoms with Gasteiger partial charge in [0.05, 0.1) is 10.6 Å². The Bertz CT molecular complexity index is 749. The van der Waals surface area contributed by atoms with Crippen molar-refractivity contribution >= 4 is 33.8 Å². The first kappa shape index (κ1) is 14.5. The fourth-order valence-electron chi connectivity index (χ4n) is 2.38. The summed E-state index contributed by atoms with van der Waals surface area (Å²) in [6.45, 7) is 0. The molecule has 2 heterocycles. The molecule has 114 valence electrons. The zero-order valence-corrected chi connectivity index (χ0v) is 13.1. The molecule has 2 aromatic rings. The van der Waals surface area contributed by atoms with E-state index in [1.54, 1.807) is 26.2 Å². The summed E-state index contributed by atoms with van der Waals surface area (Å²) >= 11 is 1.36. The number of anilines is 2. The van der Waals surface area contributed by atoms with Gasteiger partial charge in [0.2, 0.25) is 0 Å². The van der Waals surface area contributed by atoms with Gasteiger partial charge in [-0.15, -0.1) is 0 Å². The molecule has 0 spiro atoms. The third kappa shape index (κ3) is 2.43. The van der Waals surface area contributed by atoms with E-state index >= 15 is 0 Å². The maximum atomic E-state index is 12.6. The summed E-state index contributed by atoms with van der Waals surface area (Å²) in [5.74, 6) is 0.558. The molecule has 0 aliphatic heterocycles. The third-order valence-electron chi connectivity index (χ3n) is 3.58. The van der Waals surface area contributed by atoms with E-state index < -0.39 is 0 Å². The first-order chi connectivity index (χ1) is 10.6. The minimum Gasteiger partial charge on any atom is -0.506 e. The molecule has 3 rings (SSSR count). The van der Waals surface area contributed by atoms with Crippen LogP contribution in [0.25, 0.3) is 5.76 Å². The van der Waals surface area contributed by atoms with E-state index in [9.17, 15) is 9.90 Å². The van der Waals surface area contributed by atoms with Crippen LogP contribution in [-0.2, 0) is 6.42 Å². The maximum absolute atomic E-state index is 12.6. The van der Waals surface area contributed by atoms with Crippen molar-refractivity contribution in [3.05, 3.63) is 40.0 Å². The Morgan fingerprint density at radius 1 is 1.27 bits per heavy atom. The van der Waals surface area contributed by atoms with Gasteiger partial charge in [-0.25, -0.2) is 9.97 Å². The van der Waals surface area contributed by atoms with Crippen molar-refractivity contribution in [1.29, 1.82) is 0 Å². The highest BCUT2D eigenvalue weighted by atomic mass is 32.1. The van der Waals surface area contributed by atoms with Gasteiger partial charge in [0, 0.05) is 31.4 Å². The summed E-state index contributed by atoms with van der Waals surface area (Å²) in [6.07, 6.45) is 2.66. The highest BCUT2D eigenvalue weighted by Crippen LogP contribution is 2.36. The number of aromatic nitrogens is 2. The van der Waals surface area contributed by atoms with Crippen LogP contribution in [0, 0.1) is 0 Å². The Balaban J connectivity index is 1.96. The zero-order chi connectivity index (χ0) is 15.7. The van der Waals surface area contributed by atoms with Crippen molar-refractivity contribution in [3.63, 3.8) is 0 Å². The Hall–Kier alpha value is -2.41. The number of aliphatic hydroxyl groups is 1. The van der Waals surface area contributed by atoms with Crippen LogP contribution in [0.4, 0.5) is 10.9 Å². The number of rotatable bonds is 4. The molecule has 0 atom stereocenters. The smallest absolute Gasteiger partial charge is 0.194 e. The summed E-state index contributed by atoms with van der Waals surface area (Å²) in [7, 11) is 3.55. The number of nitrogens with one attached hydrogen (secondary N) is 2. The largest absolute Gasteiger partial charge is 0.506 e. The van der Waals surface area contributed by atoms with Gasteiger partial charge in [0.15, 0.2) is 10.9 Å². The molecule has 6 nitrogen and oxygen atoms in total. The summed E-state index contributed by atoms with van der Waals surface area (Å²) in [5.41, 5.74) is 1.74. The lowest BCUT2D eigenvalue weighted by Gasteiger charge is -2.14. The molecular weight excluding hydrogens is 300 g/mol. The van der Waals surface area contributed by atoms with Crippen LogP contribution in [0.1, 0.15) is 27.3 Å². The van der Waals surface area contributed by atoms with E-state index in [2.05, 4.69) is 20.6 Å². The van der Waals surface area contributed by atoms with Crippen LogP contribution >= 0.6 is 11.3 Å². The number of Topliss-reactive ketones (excluding diaryl/α,β-unsaturated/α-hetero) is 1. The maximum Gasteiger partial charge on any atom is 0.194 e. The van der Waals surface area contributed by atoms with Gasteiger partial charge in [-0.1, -0.05) is 11.3 Å². The van der Waals surface area contributed by atoms with Gasteiger partial charge >= 0.3 is 0 Å². The van der Waals surface area contributed by atoms with Crippen molar-refractivity contribution in [2.45, 2.75) is 12.8 Å². The van der Waals surface area contributed by atoms with Gasteiger partial charge in [0.1, 0.15) is 11.6 Å². The van der Waals surface area contributed by atoms with Crippen LogP contribution in [0.15, 0.2) is 23.9 Å². The summed E-state index contributed by atoms with van der Waals surface area (Å²) in [4.78, 5) is 21.8. The number of fused-ring (bicyclic) bond motifs is 1. The lowest BCUT2D eigenvalue weighted by molar-refractivity contribution is 0.102. The SMILES string of the molecule is CNc1ccc(C(=O)C2=C(O)c3sc(NC)nc3CC2)cn1. The molecule has 22 heavy (non-hydrogen) atoms. The van der Waals surface area contributed by atoms with Crippen LogP contribution in [0.2, 0.25) is 0 Å². The molecule has 2 aromatic heterocycles. The van der Waals surface area contributed by atoms with Crippen LogP contribution in [-0.4, -0.2) is 35.0 Å². The predicted octanol–water partition coefficient (Wildman–Crippen LogP) is 2.72. The molecule has 1 aliphatic rings. The quantitative estimate of drug-likeness (QED) is 0.752. The molecule has 1 aliphatic carbocycles. The van der Waals surface area contributed by atoms with Crippen molar-refractivity contribution in [2.24, 2.45) is 0 Å². The molecule has 0 radical (unpaired) electrons. The van der Waals surface area contributed by atoms with E-state index in [4.69, 9.17) is 0 Å². The number of hydrogen-bond acceptors (Lipinski definition) is 7. The Morgan fingerprint density at radius 3 is 2.73 bits per heavy atom. The monoisotopic (exact) mass is 316 g/mol. The zero-order valence-electron chi connectivity index (χ0n) is 12.3. The number of nitrogens with zero attached hydrogens (tertiary/aromatic N) is 2. The minimum absolute atomic E-state index is 0.0444. The molecule has 0 amide bonds. The first-order valence-corrected chi connectivity index (χ1v) is 7.74. The van der Waals surface area contributed by atoms with Crippen LogP contribution < -0.4 is 10.6 Å². The van der Waals surface area contributed by atoms with Crippen LogP contribution in [0.3, 0.4) is 0 Å². The number of aliphatic hydroxyl groups excluding tert-OH is 1. The number of ketones is 1. The van der Waals surface area contributed by atoms with Gasteiger partial charge in [0.25, 0.3) is 0 Å². The number of carbonyl (C=O) groups excluding carboxylic acids is 1. The fourth-order valence-corrected chi connectivity index (χ4v) is 3.32. The average molecular weight is 316 g/mol. The number of aryl methyl sites for hydroxylation is 1. The topological polar surface area (TPSA) is 87.1 Å². The lowest BCUT2D eigenvalue weighted by atomic mass is 9.93. The van der Waals surface area contributed by atoms with E-state index in [0.29, 0.717) is 34.7 Å². The Morgan fingerprint density at radius 2 is 2.09 bits per heavy atom. The Labute approximate surface area is 131 Å². The molecule has 0 aromatic carbocycles. The standard InChI is InChI=1S/C15H16N4O2S/c1-16-11-6-3-8(7-18-11)12(20)9-4-5-10-14(13(9)21)22-15(17-2)19-10/h3,6-7,21H,4-5H2,1-2H3,(H,16,18)(H,17,19). The van der Waals surface area contributed by atoms with Crippen LogP contribution in [0.5, 0.6) is 0 Å². The number of hydrogen-bond donors (Lipinski definition) is 3. The summed E-state index contributed by atoms with van der Waals surface area (Å²) in [6, 6.07) is 3.45. The first-order valence-electron chi connectivity index (χ1n) is 6.92. The molecule has 3 N–H and O–H groups in total. The highest BCUT2D eigenvalue weighted by Gasteiger charge is 2.27. The molecule has 0 saturated heterocycles. The molecule has 0 bridgehead atoms. The second-order valence-corrected chi connectivity index (χ2v) is 5.88. The van der Waals surface area contributed by atoms with E-state index in [1.807, 2.05) is 0 Å². The molecule has 0 unspecified atom stereocenters. The van der Waals surface area contributed by atoms with Gasteiger partial charge in [-0.3, -0.25) is 4.79 Å². The van der Waals surface area contributed by atoms with Crippen molar-refractivity contribution in [3.8, 4) is 0 Å². The number of allylic oxidation sites excluding steroid dienone is 1. The highest BCUT2D eigenvalue weighted by molar-refractivity contribution is 7.16. The molecular formula is C15H16N4O2S. The summed E-state index contributed by atoms with van der Waals surface area (Å²) in [5, 5.41) is 17.0. The van der Waals surface area contributed by atoms with Gasteiger partial charge < -0.3 is 15.7 Å². The normalized spacial score (nSPS) is 13.7. The number of thiazole rings is 1. The summed E-state index contributed by atoms with van der Waals surface area (Å²) < 4.78 is 0.